The highest BCUT2D eigenvalue weighted by Crippen LogP contribution is 2.35. The minimum absolute atomic E-state index is 0.00914. The first-order valence-electron chi connectivity index (χ1n) is 9.40. The monoisotopic (exact) mass is 477 g/mol. The number of ether oxygens (including phenoxy) is 2. The fourth-order valence-electron chi connectivity index (χ4n) is 2.87. The SMILES string of the molecule is COc1cc(/C=C2/SC(=S)N(CCCC(=O)O)C2=O)ccc1OCc1ccc(Cl)cc1. The zero-order chi connectivity index (χ0) is 22.4. The van der Waals surface area contributed by atoms with Crippen LogP contribution < -0.4 is 9.47 Å². The van der Waals surface area contributed by atoms with Crippen molar-refractivity contribution in [2.24, 2.45) is 0 Å². The first kappa shape index (κ1) is 23.1. The maximum Gasteiger partial charge on any atom is 0.303 e. The molecule has 0 radical (unpaired) electrons. The number of amides is 1. The molecule has 1 aliphatic rings. The molecule has 2 aromatic rings. The molecule has 31 heavy (non-hydrogen) atoms. The van der Waals surface area contributed by atoms with E-state index in [0.29, 0.717) is 38.8 Å². The van der Waals surface area contributed by atoms with Crippen LogP contribution in [0.2, 0.25) is 5.02 Å². The van der Waals surface area contributed by atoms with E-state index in [1.165, 1.54) is 16.7 Å². The standard InChI is InChI=1S/C22H20ClNO5S2/c1-28-18-11-15(6-9-17(18)29-13-14-4-7-16(23)8-5-14)12-19-21(27)24(22(30)31-19)10-2-3-20(25)26/h4-9,11-12H,2-3,10,13H2,1H3,(H,25,26)/b19-12+. The number of thioether (sulfide) groups is 1. The molecular weight excluding hydrogens is 458 g/mol. The highest BCUT2D eigenvalue weighted by Gasteiger charge is 2.31. The van der Waals surface area contributed by atoms with Crippen molar-refractivity contribution in [3.8, 4) is 11.5 Å². The van der Waals surface area contributed by atoms with Gasteiger partial charge in [-0.15, -0.1) is 0 Å². The van der Waals surface area contributed by atoms with Gasteiger partial charge in [-0.1, -0.05) is 53.8 Å². The van der Waals surface area contributed by atoms with Gasteiger partial charge >= 0.3 is 5.97 Å². The van der Waals surface area contributed by atoms with E-state index in [1.807, 2.05) is 18.2 Å². The van der Waals surface area contributed by atoms with Crippen molar-refractivity contribution in [2.75, 3.05) is 13.7 Å². The average Bonchev–Trinajstić information content (AvgIpc) is 3.01. The van der Waals surface area contributed by atoms with E-state index in [0.717, 1.165) is 11.1 Å². The lowest BCUT2D eigenvalue weighted by atomic mass is 10.1. The van der Waals surface area contributed by atoms with Crippen molar-refractivity contribution < 1.29 is 24.2 Å². The lowest BCUT2D eigenvalue weighted by molar-refractivity contribution is -0.137. The largest absolute Gasteiger partial charge is 0.493 e. The average molecular weight is 478 g/mol. The van der Waals surface area contributed by atoms with Gasteiger partial charge in [-0.05, 0) is 47.9 Å². The number of carbonyl (C=O) groups excluding carboxylic acids is 1. The summed E-state index contributed by atoms with van der Waals surface area (Å²) in [6.45, 7) is 0.650. The van der Waals surface area contributed by atoms with Gasteiger partial charge in [0, 0.05) is 18.0 Å². The third-order valence-electron chi connectivity index (χ3n) is 4.44. The van der Waals surface area contributed by atoms with Gasteiger partial charge in [-0.3, -0.25) is 14.5 Å². The lowest BCUT2D eigenvalue weighted by Crippen LogP contribution is -2.29. The maximum atomic E-state index is 12.6. The minimum atomic E-state index is -0.897. The van der Waals surface area contributed by atoms with E-state index in [1.54, 1.807) is 37.5 Å². The number of benzene rings is 2. The molecule has 1 fully saturated rings. The van der Waals surface area contributed by atoms with Gasteiger partial charge in [0.1, 0.15) is 10.9 Å². The zero-order valence-electron chi connectivity index (χ0n) is 16.7. The van der Waals surface area contributed by atoms with Gasteiger partial charge in [-0.2, -0.15) is 0 Å². The van der Waals surface area contributed by atoms with Gasteiger partial charge in [0.25, 0.3) is 5.91 Å². The summed E-state index contributed by atoms with van der Waals surface area (Å²) in [4.78, 5) is 25.3. The summed E-state index contributed by atoms with van der Waals surface area (Å²) in [5.41, 5.74) is 1.74. The molecule has 0 unspecified atom stereocenters. The van der Waals surface area contributed by atoms with Gasteiger partial charge in [-0.25, -0.2) is 0 Å². The molecule has 0 saturated carbocycles. The van der Waals surface area contributed by atoms with Crippen LogP contribution in [0.5, 0.6) is 11.5 Å². The van der Waals surface area contributed by atoms with E-state index < -0.39 is 5.97 Å². The molecule has 2 aromatic carbocycles. The normalized spacial score (nSPS) is 14.9. The summed E-state index contributed by atoms with van der Waals surface area (Å²) in [6, 6.07) is 12.8. The van der Waals surface area contributed by atoms with Gasteiger partial charge < -0.3 is 14.6 Å². The number of hydrogen-bond donors (Lipinski definition) is 1. The molecule has 1 N–H and O–H groups in total. The molecule has 3 rings (SSSR count). The van der Waals surface area contributed by atoms with Crippen LogP contribution in [0.25, 0.3) is 6.08 Å². The predicted octanol–water partition coefficient (Wildman–Crippen LogP) is 4.99. The second-order valence-electron chi connectivity index (χ2n) is 6.66. The molecule has 1 aliphatic heterocycles. The van der Waals surface area contributed by atoms with Crippen molar-refractivity contribution in [2.45, 2.75) is 19.4 Å². The molecular formula is C22H20ClNO5S2. The van der Waals surface area contributed by atoms with Gasteiger partial charge in [0.05, 0.1) is 12.0 Å². The molecule has 0 atom stereocenters. The van der Waals surface area contributed by atoms with Crippen molar-refractivity contribution in [1.82, 2.24) is 4.90 Å². The van der Waals surface area contributed by atoms with E-state index >= 15 is 0 Å². The number of carboxylic acid groups (broad SMARTS) is 1. The second kappa shape index (κ2) is 10.7. The predicted molar refractivity (Wildman–Crippen MR) is 126 cm³/mol. The Morgan fingerprint density at radius 3 is 2.65 bits per heavy atom. The van der Waals surface area contributed by atoms with Gasteiger partial charge in [0.15, 0.2) is 11.5 Å². The number of hydrogen-bond acceptors (Lipinski definition) is 6. The summed E-state index contributed by atoms with van der Waals surface area (Å²) < 4.78 is 11.7. The number of methoxy groups -OCH3 is 1. The van der Waals surface area contributed by atoms with Gasteiger partial charge in [0.2, 0.25) is 0 Å². The number of halogens is 1. The smallest absolute Gasteiger partial charge is 0.303 e. The molecule has 1 amide bonds. The zero-order valence-corrected chi connectivity index (χ0v) is 19.1. The topological polar surface area (TPSA) is 76.1 Å². The van der Waals surface area contributed by atoms with E-state index in [-0.39, 0.29) is 18.9 Å². The van der Waals surface area contributed by atoms with Crippen LogP contribution in [0.15, 0.2) is 47.4 Å². The summed E-state index contributed by atoms with van der Waals surface area (Å²) in [5.74, 6) is 0.00402. The van der Waals surface area contributed by atoms with Crippen molar-refractivity contribution in [3.05, 3.63) is 63.5 Å². The lowest BCUT2D eigenvalue weighted by Gasteiger charge is -2.13. The molecule has 162 valence electrons. The number of carboxylic acids is 1. The molecule has 0 aliphatic carbocycles. The number of carbonyl (C=O) groups is 2. The Labute approximate surface area is 194 Å². The molecule has 0 spiro atoms. The number of nitrogens with zero attached hydrogens (tertiary/aromatic N) is 1. The number of thiocarbonyl (C=S) groups is 1. The molecule has 1 saturated heterocycles. The Kier molecular flexibility index (Phi) is 7.95. The van der Waals surface area contributed by atoms with Crippen molar-refractivity contribution in [3.63, 3.8) is 0 Å². The van der Waals surface area contributed by atoms with Crippen molar-refractivity contribution >= 4 is 57.9 Å². The summed E-state index contributed by atoms with van der Waals surface area (Å²) >= 11 is 12.4. The van der Waals surface area contributed by atoms with E-state index in [9.17, 15) is 9.59 Å². The fourth-order valence-corrected chi connectivity index (χ4v) is 4.30. The number of aliphatic carboxylic acids is 1. The highest BCUT2D eigenvalue weighted by atomic mass is 35.5. The summed E-state index contributed by atoms with van der Waals surface area (Å²) in [7, 11) is 1.55. The summed E-state index contributed by atoms with van der Waals surface area (Å²) in [5, 5.41) is 9.44. The highest BCUT2D eigenvalue weighted by molar-refractivity contribution is 8.26. The van der Waals surface area contributed by atoms with E-state index in [2.05, 4.69) is 0 Å². The van der Waals surface area contributed by atoms with Crippen LogP contribution >= 0.6 is 35.6 Å². The Morgan fingerprint density at radius 1 is 1.23 bits per heavy atom. The molecule has 0 bridgehead atoms. The summed E-state index contributed by atoms with van der Waals surface area (Å²) in [6.07, 6.45) is 2.08. The Morgan fingerprint density at radius 2 is 1.97 bits per heavy atom. The number of rotatable bonds is 9. The van der Waals surface area contributed by atoms with Crippen LogP contribution in [0.1, 0.15) is 24.0 Å². The quantitative estimate of drug-likeness (QED) is 0.402. The Bertz CT molecular complexity index is 1020. The van der Waals surface area contributed by atoms with Crippen LogP contribution in [0.3, 0.4) is 0 Å². The van der Waals surface area contributed by atoms with E-state index in [4.69, 9.17) is 38.4 Å². The van der Waals surface area contributed by atoms with Crippen LogP contribution in [0, 0.1) is 0 Å². The Hall–Kier alpha value is -2.55. The molecule has 9 heteroatoms. The molecule has 1 heterocycles. The fraction of sp³-hybridized carbons (Fsp3) is 0.227. The van der Waals surface area contributed by atoms with Crippen LogP contribution in [0.4, 0.5) is 0 Å². The third kappa shape index (κ3) is 6.22. The Balaban J connectivity index is 1.69. The minimum Gasteiger partial charge on any atom is -0.493 e. The van der Waals surface area contributed by atoms with Crippen LogP contribution in [-0.2, 0) is 16.2 Å². The molecule has 0 aromatic heterocycles. The first-order chi connectivity index (χ1) is 14.9. The van der Waals surface area contributed by atoms with Crippen LogP contribution in [-0.4, -0.2) is 39.9 Å². The first-order valence-corrected chi connectivity index (χ1v) is 11.0. The molecule has 6 nitrogen and oxygen atoms in total. The third-order valence-corrected chi connectivity index (χ3v) is 6.07. The maximum absolute atomic E-state index is 12.6. The van der Waals surface area contributed by atoms with Crippen molar-refractivity contribution in [1.29, 1.82) is 0 Å². The second-order valence-corrected chi connectivity index (χ2v) is 8.77.